The number of halogens is 1. The van der Waals surface area contributed by atoms with Crippen LogP contribution < -0.4 is 4.90 Å². The minimum Gasteiger partial charge on any atom is -0.274 e. The van der Waals surface area contributed by atoms with Crippen LogP contribution in [-0.2, 0) is 15.0 Å². The third-order valence-corrected chi connectivity index (χ3v) is 8.00. The number of imide groups is 1. The lowest BCUT2D eigenvalue weighted by atomic mass is 9.46. The number of hydrogen-bond acceptors (Lipinski definition) is 2. The van der Waals surface area contributed by atoms with Gasteiger partial charge in [0.2, 0.25) is 11.8 Å². The van der Waals surface area contributed by atoms with Gasteiger partial charge in [0.1, 0.15) is 0 Å². The standard InChI is InChI=1S/C27H22ClNO2/c1-3-27-19-10-6-4-8-17(19)22(18-9-5-7-11-20(18)27)23-24(27)26(31)29(25(23)30)21-14-16(28)13-12-15(21)2/h4-14,22-24H,3H2,1-2H3/t22?,23-,24-,27?/m0/s1. The molecule has 7 rings (SSSR count). The van der Waals surface area contributed by atoms with E-state index in [2.05, 4.69) is 43.3 Å². The first-order valence-electron chi connectivity index (χ1n) is 10.8. The molecule has 1 fully saturated rings. The molecule has 0 N–H and O–H groups in total. The Morgan fingerprint density at radius 1 is 0.903 bits per heavy atom. The fourth-order valence-electron chi connectivity index (χ4n) is 6.59. The number of aryl methyl sites for hydroxylation is 1. The Morgan fingerprint density at radius 2 is 1.52 bits per heavy atom. The molecule has 3 nitrogen and oxygen atoms in total. The second-order valence-corrected chi connectivity index (χ2v) is 9.36. The van der Waals surface area contributed by atoms with Gasteiger partial charge in [-0.15, -0.1) is 0 Å². The van der Waals surface area contributed by atoms with Crippen molar-refractivity contribution in [1.29, 1.82) is 0 Å². The minimum absolute atomic E-state index is 0.101. The van der Waals surface area contributed by atoms with Gasteiger partial charge in [-0.3, -0.25) is 9.59 Å². The molecule has 4 heteroatoms. The molecule has 154 valence electrons. The van der Waals surface area contributed by atoms with Gasteiger partial charge < -0.3 is 0 Å². The molecule has 3 aliphatic carbocycles. The number of amides is 2. The molecule has 0 aromatic heterocycles. The molecule has 0 unspecified atom stereocenters. The summed E-state index contributed by atoms with van der Waals surface area (Å²) in [5.41, 5.74) is 5.76. The van der Waals surface area contributed by atoms with Gasteiger partial charge in [-0.1, -0.05) is 73.1 Å². The van der Waals surface area contributed by atoms with Crippen LogP contribution in [0.2, 0.25) is 5.02 Å². The average molecular weight is 428 g/mol. The molecule has 0 spiro atoms. The van der Waals surface area contributed by atoms with Gasteiger partial charge in [0.25, 0.3) is 0 Å². The van der Waals surface area contributed by atoms with Crippen LogP contribution in [0, 0.1) is 18.8 Å². The van der Waals surface area contributed by atoms with Gasteiger partial charge in [-0.25, -0.2) is 4.90 Å². The Bertz CT molecular complexity index is 1230. The van der Waals surface area contributed by atoms with E-state index in [1.807, 2.05) is 25.1 Å². The highest BCUT2D eigenvalue weighted by Crippen LogP contribution is 2.65. The predicted octanol–water partition coefficient (Wildman–Crippen LogP) is 5.61. The van der Waals surface area contributed by atoms with Gasteiger partial charge in [-0.05, 0) is 53.3 Å². The molecule has 1 saturated heterocycles. The van der Waals surface area contributed by atoms with E-state index in [9.17, 15) is 9.59 Å². The summed E-state index contributed by atoms with van der Waals surface area (Å²) < 4.78 is 0. The van der Waals surface area contributed by atoms with Gasteiger partial charge in [0.15, 0.2) is 0 Å². The van der Waals surface area contributed by atoms with Crippen molar-refractivity contribution in [2.45, 2.75) is 31.6 Å². The first-order chi connectivity index (χ1) is 15.0. The molecular weight excluding hydrogens is 406 g/mol. The molecule has 4 aliphatic rings. The first-order valence-corrected chi connectivity index (χ1v) is 11.2. The fourth-order valence-corrected chi connectivity index (χ4v) is 6.76. The highest BCUT2D eigenvalue weighted by Gasteiger charge is 2.67. The zero-order chi connectivity index (χ0) is 21.5. The van der Waals surface area contributed by atoms with Crippen LogP contribution in [0.25, 0.3) is 0 Å². The number of hydrogen-bond donors (Lipinski definition) is 0. The number of anilines is 1. The summed E-state index contributed by atoms with van der Waals surface area (Å²) in [5, 5.41) is 0.524. The van der Waals surface area contributed by atoms with Crippen LogP contribution in [0.3, 0.4) is 0 Å². The Kier molecular flexibility index (Phi) is 3.83. The summed E-state index contributed by atoms with van der Waals surface area (Å²) >= 11 is 6.26. The molecule has 31 heavy (non-hydrogen) atoms. The molecule has 1 aliphatic heterocycles. The van der Waals surface area contributed by atoms with E-state index < -0.39 is 17.3 Å². The van der Waals surface area contributed by atoms with Crippen LogP contribution in [-0.4, -0.2) is 11.8 Å². The van der Waals surface area contributed by atoms with Crippen molar-refractivity contribution >= 4 is 29.1 Å². The average Bonchev–Trinajstić information content (AvgIpc) is 3.06. The Hall–Kier alpha value is -2.91. The summed E-state index contributed by atoms with van der Waals surface area (Å²) in [6, 6.07) is 22.2. The minimum atomic E-state index is -0.499. The van der Waals surface area contributed by atoms with Crippen LogP contribution in [0.4, 0.5) is 5.69 Å². The lowest BCUT2D eigenvalue weighted by Crippen LogP contribution is -2.53. The third kappa shape index (κ3) is 2.15. The van der Waals surface area contributed by atoms with Crippen molar-refractivity contribution in [2.75, 3.05) is 4.90 Å². The quantitative estimate of drug-likeness (QED) is 0.498. The maximum atomic E-state index is 14.0. The maximum Gasteiger partial charge on any atom is 0.238 e. The van der Waals surface area contributed by atoms with E-state index in [0.29, 0.717) is 10.7 Å². The maximum absolute atomic E-state index is 14.0. The summed E-state index contributed by atoms with van der Waals surface area (Å²) in [6.07, 6.45) is 0.760. The van der Waals surface area contributed by atoms with Gasteiger partial charge >= 0.3 is 0 Å². The number of carbonyl (C=O) groups is 2. The van der Waals surface area contributed by atoms with Crippen molar-refractivity contribution in [3.05, 3.63) is 99.6 Å². The van der Waals surface area contributed by atoms with Crippen LogP contribution in [0.15, 0.2) is 66.7 Å². The monoisotopic (exact) mass is 427 g/mol. The number of nitrogens with zero attached hydrogens (tertiary/aromatic N) is 1. The Morgan fingerprint density at radius 3 is 2.13 bits per heavy atom. The normalized spacial score (nSPS) is 27.8. The summed E-state index contributed by atoms with van der Waals surface area (Å²) in [5.74, 6) is -1.11. The Labute approximate surface area is 186 Å². The fraction of sp³-hybridized carbons (Fsp3) is 0.259. The number of carbonyl (C=O) groups excluding carboxylic acids is 2. The van der Waals surface area contributed by atoms with E-state index in [-0.39, 0.29) is 17.7 Å². The largest absolute Gasteiger partial charge is 0.274 e. The van der Waals surface area contributed by atoms with Gasteiger partial charge in [0.05, 0.1) is 17.5 Å². The van der Waals surface area contributed by atoms with Crippen molar-refractivity contribution < 1.29 is 9.59 Å². The van der Waals surface area contributed by atoms with Crippen molar-refractivity contribution in [3.63, 3.8) is 0 Å². The molecule has 2 atom stereocenters. The Balaban J connectivity index is 1.65. The predicted molar refractivity (Wildman–Crippen MR) is 121 cm³/mol. The van der Waals surface area contributed by atoms with Gasteiger partial charge in [-0.2, -0.15) is 0 Å². The first kappa shape index (κ1) is 18.8. The van der Waals surface area contributed by atoms with Crippen LogP contribution >= 0.6 is 11.6 Å². The zero-order valence-corrected chi connectivity index (χ0v) is 18.2. The molecule has 2 amide bonds. The number of rotatable bonds is 2. The number of benzene rings is 3. The smallest absolute Gasteiger partial charge is 0.238 e. The molecule has 0 radical (unpaired) electrons. The highest BCUT2D eigenvalue weighted by molar-refractivity contribution is 6.31. The summed E-state index contributed by atoms with van der Waals surface area (Å²) in [4.78, 5) is 29.4. The van der Waals surface area contributed by atoms with E-state index >= 15 is 0 Å². The molecule has 3 aromatic rings. The third-order valence-electron chi connectivity index (χ3n) is 7.76. The second kappa shape index (κ2) is 6.30. The topological polar surface area (TPSA) is 37.4 Å². The van der Waals surface area contributed by atoms with E-state index in [4.69, 9.17) is 11.6 Å². The van der Waals surface area contributed by atoms with Crippen molar-refractivity contribution in [1.82, 2.24) is 0 Å². The van der Waals surface area contributed by atoms with Crippen molar-refractivity contribution in [3.8, 4) is 0 Å². The molecular formula is C27H22ClNO2. The zero-order valence-electron chi connectivity index (χ0n) is 17.4. The molecule has 0 saturated carbocycles. The lowest BCUT2D eigenvalue weighted by Gasteiger charge is -2.54. The van der Waals surface area contributed by atoms with Crippen molar-refractivity contribution in [2.24, 2.45) is 11.8 Å². The summed E-state index contributed by atoms with van der Waals surface area (Å²) in [6.45, 7) is 4.06. The van der Waals surface area contributed by atoms with Crippen LogP contribution in [0.1, 0.15) is 47.1 Å². The highest BCUT2D eigenvalue weighted by atomic mass is 35.5. The molecule has 3 aromatic carbocycles. The van der Waals surface area contributed by atoms with E-state index in [1.165, 1.54) is 27.2 Å². The van der Waals surface area contributed by atoms with E-state index in [0.717, 1.165) is 12.0 Å². The van der Waals surface area contributed by atoms with Gasteiger partial charge in [0, 0.05) is 16.4 Å². The van der Waals surface area contributed by atoms with Crippen LogP contribution in [0.5, 0.6) is 0 Å². The SMILES string of the molecule is CCC12c3ccccc3C(c3ccccc31)[C@@H]1C(=O)N(c3cc(Cl)ccc3C)C(=O)[C@H]12. The molecule has 2 bridgehead atoms. The molecule has 1 heterocycles. The summed E-state index contributed by atoms with van der Waals surface area (Å²) in [7, 11) is 0. The van der Waals surface area contributed by atoms with E-state index in [1.54, 1.807) is 12.1 Å². The lowest BCUT2D eigenvalue weighted by molar-refractivity contribution is -0.123. The second-order valence-electron chi connectivity index (χ2n) is 8.92.